The largest absolute Gasteiger partial charge is 0.0691 e. The van der Waals surface area contributed by atoms with Crippen LogP contribution in [0.15, 0.2) is 0 Å². The third-order valence-electron chi connectivity index (χ3n) is 4.02. The van der Waals surface area contributed by atoms with Crippen molar-refractivity contribution in [3.8, 4) is 0 Å². The number of rotatable bonds is 3. The lowest BCUT2D eigenvalue weighted by molar-refractivity contribution is 0.378. The van der Waals surface area contributed by atoms with Gasteiger partial charge in [-0.2, -0.15) is 0 Å². The molecule has 0 aromatic carbocycles. The van der Waals surface area contributed by atoms with Gasteiger partial charge >= 0.3 is 0 Å². The highest BCUT2D eigenvalue weighted by Gasteiger charge is 2.32. The van der Waals surface area contributed by atoms with Crippen molar-refractivity contribution in [1.29, 1.82) is 0 Å². The molecule has 0 spiro atoms. The van der Waals surface area contributed by atoms with Crippen molar-refractivity contribution in [1.82, 2.24) is 0 Å². The highest BCUT2D eigenvalue weighted by atomic mass is 28.3. The van der Waals surface area contributed by atoms with Crippen molar-refractivity contribution >= 4 is 8.07 Å². The Hall–Kier alpha value is 0.217. The van der Waals surface area contributed by atoms with E-state index in [0.29, 0.717) is 0 Å². The quantitative estimate of drug-likeness (QED) is 0.577. The minimum Gasteiger partial charge on any atom is -0.0691 e. The molecule has 78 valence electrons. The first-order valence-corrected chi connectivity index (χ1v) is 9.34. The molecule has 1 aliphatic carbocycles. The molecule has 0 saturated heterocycles. The van der Waals surface area contributed by atoms with Crippen molar-refractivity contribution < 1.29 is 0 Å². The molecular weight excluding hydrogens is 172 g/mol. The molecule has 1 heteroatoms. The van der Waals surface area contributed by atoms with E-state index in [-0.39, 0.29) is 0 Å². The molecule has 0 bridgehead atoms. The van der Waals surface area contributed by atoms with Crippen LogP contribution in [-0.2, 0) is 0 Å². The Morgan fingerprint density at radius 3 is 2.08 bits per heavy atom. The molecule has 0 nitrogen and oxygen atoms in total. The average Bonchev–Trinajstić information content (AvgIpc) is 2.05. The molecule has 0 radical (unpaired) electrons. The molecule has 0 aliphatic heterocycles. The third kappa shape index (κ3) is 3.12. The lowest BCUT2D eigenvalue weighted by Gasteiger charge is -2.37. The zero-order valence-corrected chi connectivity index (χ0v) is 10.9. The highest BCUT2D eigenvalue weighted by molar-refractivity contribution is 6.78. The molecule has 1 fully saturated rings. The molecule has 0 aromatic rings. The Kier molecular flexibility index (Phi) is 4.02. The van der Waals surface area contributed by atoms with Gasteiger partial charge in [-0.05, 0) is 11.5 Å². The van der Waals surface area contributed by atoms with Crippen molar-refractivity contribution in [2.75, 3.05) is 0 Å². The molecule has 1 saturated carbocycles. The first-order chi connectivity index (χ1) is 6.06. The fourth-order valence-electron chi connectivity index (χ4n) is 2.89. The van der Waals surface area contributed by atoms with Crippen LogP contribution in [0.5, 0.6) is 0 Å². The Bertz CT molecular complexity index is 143. The van der Waals surface area contributed by atoms with Crippen LogP contribution in [0.4, 0.5) is 0 Å². The summed E-state index contributed by atoms with van der Waals surface area (Å²) >= 11 is 0. The minimum absolute atomic E-state index is 0.832. The van der Waals surface area contributed by atoms with Gasteiger partial charge in [0.15, 0.2) is 0 Å². The summed E-state index contributed by atoms with van der Waals surface area (Å²) in [7, 11) is -0.832. The monoisotopic (exact) mass is 198 g/mol. The van der Waals surface area contributed by atoms with E-state index in [0.717, 1.165) is 11.5 Å². The summed E-state index contributed by atoms with van der Waals surface area (Å²) in [5.74, 6) is 1.02. The molecule has 0 unspecified atom stereocenters. The Balaban J connectivity index is 2.42. The summed E-state index contributed by atoms with van der Waals surface area (Å²) in [4.78, 5) is 0. The summed E-state index contributed by atoms with van der Waals surface area (Å²) in [5.41, 5.74) is 1.14. The van der Waals surface area contributed by atoms with Gasteiger partial charge in [0.2, 0.25) is 0 Å². The molecular formula is C12H26Si. The van der Waals surface area contributed by atoms with E-state index in [9.17, 15) is 0 Å². The molecule has 0 atom stereocenters. The predicted octanol–water partition coefficient (Wildman–Crippen LogP) is 4.69. The number of hydrogen-bond acceptors (Lipinski definition) is 0. The van der Waals surface area contributed by atoms with E-state index in [2.05, 4.69) is 26.9 Å². The smallest absolute Gasteiger partial charge is 0.0504 e. The molecule has 1 rings (SSSR count). The van der Waals surface area contributed by atoms with Crippen LogP contribution in [-0.4, -0.2) is 8.07 Å². The maximum Gasteiger partial charge on any atom is 0.0504 e. The van der Waals surface area contributed by atoms with Gasteiger partial charge in [-0.3, -0.25) is 0 Å². The molecule has 0 amide bonds. The van der Waals surface area contributed by atoms with Crippen molar-refractivity contribution in [3.05, 3.63) is 0 Å². The van der Waals surface area contributed by atoms with Crippen LogP contribution >= 0.6 is 0 Å². The summed E-state index contributed by atoms with van der Waals surface area (Å²) < 4.78 is 0. The summed E-state index contributed by atoms with van der Waals surface area (Å²) in [6.07, 6.45) is 7.50. The molecule has 0 N–H and O–H groups in total. The van der Waals surface area contributed by atoms with Crippen molar-refractivity contribution in [3.63, 3.8) is 0 Å². The van der Waals surface area contributed by atoms with Gasteiger partial charge in [0.1, 0.15) is 0 Å². The lowest BCUT2D eigenvalue weighted by Crippen LogP contribution is -2.34. The van der Waals surface area contributed by atoms with Crippen LogP contribution in [0.1, 0.15) is 46.0 Å². The van der Waals surface area contributed by atoms with Crippen LogP contribution in [0.25, 0.3) is 0 Å². The van der Waals surface area contributed by atoms with E-state index < -0.39 is 8.07 Å². The third-order valence-corrected chi connectivity index (χ3v) is 8.59. The van der Waals surface area contributed by atoms with Crippen molar-refractivity contribution in [2.45, 2.75) is 70.6 Å². The van der Waals surface area contributed by atoms with E-state index in [1.54, 1.807) is 18.9 Å². The summed E-state index contributed by atoms with van der Waals surface area (Å²) in [6, 6.07) is 1.55. The standard InChI is InChI=1S/C12H26Si/c1-5-10-13(3,4)12-8-6-11(2)7-9-12/h11-12H,5-10H2,1-4H3. The number of hydrogen-bond donors (Lipinski definition) is 0. The van der Waals surface area contributed by atoms with Crippen LogP contribution in [0, 0.1) is 5.92 Å². The van der Waals surface area contributed by atoms with Gasteiger partial charge in [-0.15, -0.1) is 0 Å². The Morgan fingerprint density at radius 1 is 1.08 bits per heavy atom. The van der Waals surface area contributed by atoms with Gasteiger partial charge in [0.05, 0.1) is 8.07 Å². The SMILES string of the molecule is CCC[Si](C)(C)C1CCC(C)CC1. The van der Waals surface area contributed by atoms with E-state index >= 15 is 0 Å². The van der Waals surface area contributed by atoms with Crippen LogP contribution in [0.2, 0.25) is 24.7 Å². The van der Waals surface area contributed by atoms with Gasteiger partial charge in [-0.1, -0.05) is 65.1 Å². The van der Waals surface area contributed by atoms with Gasteiger partial charge in [0.25, 0.3) is 0 Å². The van der Waals surface area contributed by atoms with E-state index in [1.165, 1.54) is 19.3 Å². The second-order valence-electron chi connectivity index (χ2n) is 5.70. The van der Waals surface area contributed by atoms with Crippen LogP contribution in [0.3, 0.4) is 0 Å². The zero-order chi connectivity index (χ0) is 9.90. The van der Waals surface area contributed by atoms with Crippen molar-refractivity contribution in [2.24, 2.45) is 5.92 Å². The second-order valence-corrected chi connectivity index (χ2v) is 11.0. The highest BCUT2D eigenvalue weighted by Crippen LogP contribution is 2.41. The maximum atomic E-state index is 2.61. The van der Waals surface area contributed by atoms with Gasteiger partial charge < -0.3 is 0 Å². The Morgan fingerprint density at radius 2 is 1.62 bits per heavy atom. The molecule has 13 heavy (non-hydrogen) atoms. The fourth-order valence-corrected chi connectivity index (χ4v) is 6.48. The van der Waals surface area contributed by atoms with Crippen LogP contribution < -0.4 is 0 Å². The first kappa shape index (κ1) is 11.3. The Labute approximate surface area is 85.1 Å². The topological polar surface area (TPSA) is 0 Å². The first-order valence-electron chi connectivity index (χ1n) is 6.06. The normalized spacial score (nSPS) is 30.5. The minimum atomic E-state index is -0.832. The molecule has 0 aromatic heterocycles. The molecule has 0 heterocycles. The van der Waals surface area contributed by atoms with E-state index in [4.69, 9.17) is 0 Å². The predicted molar refractivity (Wildman–Crippen MR) is 64.0 cm³/mol. The zero-order valence-electron chi connectivity index (χ0n) is 9.90. The summed E-state index contributed by atoms with van der Waals surface area (Å²) in [6.45, 7) is 9.99. The summed E-state index contributed by atoms with van der Waals surface area (Å²) in [5, 5.41) is 0. The average molecular weight is 198 g/mol. The van der Waals surface area contributed by atoms with Gasteiger partial charge in [-0.25, -0.2) is 0 Å². The maximum absolute atomic E-state index is 2.61. The van der Waals surface area contributed by atoms with E-state index in [1.807, 2.05) is 0 Å². The fraction of sp³-hybridized carbons (Fsp3) is 1.00. The van der Waals surface area contributed by atoms with Gasteiger partial charge in [0, 0.05) is 0 Å². The lowest BCUT2D eigenvalue weighted by atomic mass is 9.90. The molecule has 1 aliphatic rings. The second kappa shape index (κ2) is 4.63.